The van der Waals surface area contributed by atoms with Gasteiger partial charge in [0.15, 0.2) is 4.75 Å². The molecular weight excluding hydrogens is 448 g/mol. The third kappa shape index (κ3) is 5.05. The van der Waals surface area contributed by atoms with E-state index in [1.54, 1.807) is 48.5 Å². The minimum absolute atomic E-state index is 0.397. The van der Waals surface area contributed by atoms with E-state index in [0.717, 1.165) is 11.4 Å². The molecule has 0 aliphatic rings. The highest BCUT2D eigenvalue weighted by Crippen LogP contribution is 2.45. The molecular formula is C27H34N2O4S. The molecule has 182 valence electrons. The number of nitrogens with zero attached hydrogens (tertiary/aromatic N) is 2. The van der Waals surface area contributed by atoms with Gasteiger partial charge in [-0.05, 0) is 73.9 Å². The van der Waals surface area contributed by atoms with Crippen molar-refractivity contribution in [3.63, 3.8) is 0 Å². The van der Waals surface area contributed by atoms with Gasteiger partial charge in [-0.1, -0.05) is 36.4 Å². The number of rotatable bonds is 7. The van der Waals surface area contributed by atoms with Crippen LogP contribution in [0.3, 0.4) is 0 Å². The molecule has 3 rings (SSSR count). The van der Waals surface area contributed by atoms with Crippen LogP contribution in [0.1, 0.15) is 37.5 Å². The van der Waals surface area contributed by atoms with Crippen LogP contribution in [-0.4, -0.2) is 46.8 Å². The van der Waals surface area contributed by atoms with Crippen molar-refractivity contribution < 1.29 is 17.7 Å². The molecule has 0 aliphatic carbocycles. The second kappa shape index (κ2) is 9.31. The summed E-state index contributed by atoms with van der Waals surface area (Å²) in [5.74, 6) is 0.617. The highest BCUT2D eigenvalue weighted by atomic mass is 32.2. The molecule has 0 saturated carbocycles. The first-order valence-corrected chi connectivity index (χ1v) is 12.5. The lowest BCUT2D eigenvalue weighted by Crippen LogP contribution is -2.38. The Bertz CT molecular complexity index is 1160. The largest absolute Gasteiger partial charge is 0.488 e. The first-order chi connectivity index (χ1) is 15.8. The van der Waals surface area contributed by atoms with Crippen LogP contribution in [0.2, 0.25) is 0 Å². The maximum atomic E-state index is 13.3. The fourth-order valence-corrected chi connectivity index (χ4v) is 5.35. The van der Waals surface area contributed by atoms with Gasteiger partial charge in [0.2, 0.25) is 0 Å². The first kappa shape index (κ1) is 25.6. The first-order valence-electron chi connectivity index (χ1n) is 11.1. The van der Waals surface area contributed by atoms with E-state index in [1.807, 2.05) is 83.0 Å². The van der Waals surface area contributed by atoms with Crippen LogP contribution in [0.25, 0.3) is 0 Å². The van der Waals surface area contributed by atoms with Gasteiger partial charge in [0.1, 0.15) is 11.4 Å². The molecule has 0 heterocycles. The van der Waals surface area contributed by atoms with E-state index < -0.39 is 20.5 Å². The average Bonchev–Trinajstić information content (AvgIpc) is 2.74. The topological polar surface area (TPSA) is 70.1 Å². The van der Waals surface area contributed by atoms with Gasteiger partial charge in [-0.25, -0.2) is 0 Å². The zero-order chi connectivity index (χ0) is 25.3. The Balaban J connectivity index is 2.30. The lowest BCUT2D eigenvalue weighted by Gasteiger charge is -2.33. The summed E-state index contributed by atoms with van der Waals surface area (Å²) in [7, 11) is 2.99. The van der Waals surface area contributed by atoms with Crippen molar-refractivity contribution in [3.8, 4) is 5.75 Å². The molecule has 0 bridgehead atoms. The lowest BCUT2D eigenvalue weighted by atomic mass is 9.83. The Kier molecular flexibility index (Phi) is 7.01. The van der Waals surface area contributed by atoms with Gasteiger partial charge in [0.25, 0.3) is 10.1 Å². The number of anilines is 2. The van der Waals surface area contributed by atoms with Crippen molar-refractivity contribution in [3.05, 3.63) is 89.5 Å². The van der Waals surface area contributed by atoms with Crippen LogP contribution >= 0.6 is 0 Å². The van der Waals surface area contributed by atoms with Gasteiger partial charge in [-0.3, -0.25) is 4.55 Å². The van der Waals surface area contributed by atoms with Crippen molar-refractivity contribution in [2.45, 2.75) is 31.1 Å². The van der Waals surface area contributed by atoms with Crippen LogP contribution in [0, 0.1) is 0 Å². The summed E-state index contributed by atoms with van der Waals surface area (Å²) in [4.78, 5) is 3.87. The Morgan fingerprint density at radius 3 is 1.24 bits per heavy atom. The summed E-state index contributed by atoms with van der Waals surface area (Å²) >= 11 is 0. The van der Waals surface area contributed by atoms with Gasteiger partial charge in [-0.2, -0.15) is 8.42 Å². The van der Waals surface area contributed by atoms with Crippen molar-refractivity contribution in [2.24, 2.45) is 0 Å². The quantitative estimate of drug-likeness (QED) is 0.370. The number of benzene rings is 3. The third-order valence-corrected chi connectivity index (χ3v) is 7.13. The molecule has 0 amide bonds. The molecule has 0 aliphatic heterocycles. The fraction of sp³-hybridized carbons (Fsp3) is 0.333. The highest BCUT2D eigenvalue weighted by molar-refractivity contribution is 7.87. The normalized spacial score (nSPS) is 12.4. The average molecular weight is 483 g/mol. The summed E-state index contributed by atoms with van der Waals surface area (Å²) in [5.41, 5.74) is 2.76. The van der Waals surface area contributed by atoms with E-state index in [1.165, 1.54) is 0 Å². The lowest BCUT2D eigenvalue weighted by molar-refractivity contribution is 0.131. The molecule has 0 saturated heterocycles. The second-order valence-corrected chi connectivity index (χ2v) is 11.3. The van der Waals surface area contributed by atoms with E-state index in [-0.39, 0.29) is 0 Å². The van der Waals surface area contributed by atoms with Gasteiger partial charge >= 0.3 is 0 Å². The fourth-order valence-electron chi connectivity index (χ4n) is 4.05. The van der Waals surface area contributed by atoms with Crippen LogP contribution in [0.5, 0.6) is 5.75 Å². The van der Waals surface area contributed by atoms with E-state index >= 15 is 0 Å². The predicted molar refractivity (Wildman–Crippen MR) is 140 cm³/mol. The van der Waals surface area contributed by atoms with E-state index in [4.69, 9.17) is 4.74 Å². The maximum Gasteiger partial charge on any atom is 0.283 e. The minimum Gasteiger partial charge on any atom is -0.488 e. The molecule has 0 aromatic heterocycles. The van der Waals surface area contributed by atoms with Crippen LogP contribution in [-0.2, 0) is 14.9 Å². The SMILES string of the molecule is CN(C)c1ccc(C(c2ccc(OC(C)(C)C)cc2)(c2ccc(N(C)C)cc2)S(=O)(=O)O)cc1. The summed E-state index contributed by atoms with van der Waals surface area (Å²) in [6, 6.07) is 21.3. The Morgan fingerprint density at radius 2 is 0.971 bits per heavy atom. The zero-order valence-corrected chi connectivity index (χ0v) is 21.7. The Hall–Kier alpha value is -3.03. The van der Waals surface area contributed by atoms with Crippen molar-refractivity contribution in [1.29, 1.82) is 0 Å². The summed E-state index contributed by atoms with van der Waals surface area (Å²) in [5, 5.41) is 0. The molecule has 1 N–H and O–H groups in total. The molecule has 34 heavy (non-hydrogen) atoms. The Labute approximate surface area is 203 Å². The molecule has 0 radical (unpaired) electrons. The standard InChI is InChI=1S/C27H34N2O4S/c1-26(2,3)33-25-18-12-22(13-19-25)27(34(30,31)32,20-8-14-23(15-9-20)28(4)5)21-10-16-24(17-11-21)29(6)7/h8-19H,1-7H3,(H,30,31,32). The van der Waals surface area contributed by atoms with Crippen LogP contribution in [0.15, 0.2) is 72.8 Å². The summed E-state index contributed by atoms with van der Waals surface area (Å²) in [6.07, 6.45) is 0. The van der Waals surface area contributed by atoms with Gasteiger partial charge < -0.3 is 14.5 Å². The molecule has 3 aromatic carbocycles. The smallest absolute Gasteiger partial charge is 0.283 e. The number of hydrogen-bond donors (Lipinski definition) is 1. The molecule has 0 unspecified atom stereocenters. The number of ether oxygens (including phenoxy) is 1. The number of hydrogen-bond acceptors (Lipinski definition) is 5. The van der Waals surface area contributed by atoms with E-state index in [0.29, 0.717) is 22.4 Å². The summed E-state index contributed by atoms with van der Waals surface area (Å²) < 4.78 is 41.6. The van der Waals surface area contributed by atoms with Gasteiger partial charge in [-0.15, -0.1) is 0 Å². The van der Waals surface area contributed by atoms with Gasteiger partial charge in [0.05, 0.1) is 0 Å². The summed E-state index contributed by atoms with van der Waals surface area (Å²) in [6.45, 7) is 5.84. The monoisotopic (exact) mass is 482 g/mol. The molecule has 0 atom stereocenters. The molecule has 7 heteroatoms. The third-order valence-electron chi connectivity index (χ3n) is 5.65. The van der Waals surface area contributed by atoms with Crippen molar-refractivity contribution in [1.82, 2.24) is 0 Å². The van der Waals surface area contributed by atoms with Crippen LogP contribution < -0.4 is 14.5 Å². The van der Waals surface area contributed by atoms with E-state index in [9.17, 15) is 13.0 Å². The maximum absolute atomic E-state index is 13.3. The van der Waals surface area contributed by atoms with E-state index in [2.05, 4.69) is 0 Å². The van der Waals surface area contributed by atoms with Crippen molar-refractivity contribution >= 4 is 21.5 Å². The predicted octanol–water partition coefficient (Wildman–Crippen LogP) is 5.18. The Morgan fingerprint density at radius 1 is 0.647 bits per heavy atom. The second-order valence-electron chi connectivity index (χ2n) is 9.78. The molecule has 0 spiro atoms. The highest BCUT2D eigenvalue weighted by Gasteiger charge is 2.48. The molecule has 3 aromatic rings. The van der Waals surface area contributed by atoms with Gasteiger partial charge in [0, 0.05) is 39.6 Å². The zero-order valence-electron chi connectivity index (χ0n) is 20.9. The molecule has 6 nitrogen and oxygen atoms in total. The van der Waals surface area contributed by atoms with Crippen LogP contribution in [0.4, 0.5) is 11.4 Å². The minimum atomic E-state index is -4.67. The molecule has 0 fully saturated rings. The van der Waals surface area contributed by atoms with Crippen molar-refractivity contribution in [2.75, 3.05) is 38.0 Å².